The molecule has 2 aromatic rings. The van der Waals surface area contributed by atoms with E-state index in [0.717, 1.165) is 36.3 Å². The van der Waals surface area contributed by atoms with Gasteiger partial charge in [0.15, 0.2) is 0 Å². The van der Waals surface area contributed by atoms with Crippen LogP contribution in [0.4, 0.5) is 0 Å². The van der Waals surface area contributed by atoms with Gasteiger partial charge in [-0.1, -0.05) is 54.6 Å². The lowest BCUT2D eigenvalue weighted by molar-refractivity contribution is 0.0967. The molecule has 0 aliphatic carbocycles. The molecule has 1 aliphatic heterocycles. The highest BCUT2D eigenvalue weighted by Gasteiger charge is 2.12. The zero-order chi connectivity index (χ0) is 19.8. The number of carbonyl (C=O) groups is 1. The van der Waals surface area contributed by atoms with Crippen LogP contribution in [0.2, 0.25) is 0 Å². The molecule has 1 N–H and O–H groups in total. The lowest BCUT2D eigenvalue weighted by Gasteiger charge is -2.28. The minimum atomic E-state index is -0.0941. The maximum atomic E-state index is 12.8. The number of carbonyl (C=O) groups excluding carboxylic acids is 1. The van der Waals surface area contributed by atoms with Gasteiger partial charge in [-0.25, -0.2) is 0 Å². The van der Waals surface area contributed by atoms with Gasteiger partial charge in [0.05, 0.1) is 0 Å². The van der Waals surface area contributed by atoms with Crippen molar-refractivity contribution in [1.29, 1.82) is 0 Å². The van der Waals surface area contributed by atoms with Gasteiger partial charge in [0.2, 0.25) is 0 Å². The van der Waals surface area contributed by atoms with Crippen molar-refractivity contribution < 1.29 is 4.79 Å². The van der Waals surface area contributed by atoms with E-state index in [1.165, 1.54) is 12.1 Å². The summed E-state index contributed by atoms with van der Waals surface area (Å²) in [4.78, 5) is 15.1. The van der Waals surface area contributed by atoms with Crippen LogP contribution in [0.25, 0.3) is 11.1 Å². The van der Waals surface area contributed by atoms with Crippen LogP contribution in [0.5, 0.6) is 0 Å². The molecule has 0 saturated carbocycles. The minimum absolute atomic E-state index is 0.0941. The van der Waals surface area contributed by atoms with Crippen molar-refractivity contribution in [3.63, 3.8) is 0 Å². The van der Waals surface area contributed by atoms with E-state index >= 15 is 0 Å². The molecule has 0 bridgehead atoms. The Hall–Kier alpha value is -3.07. The molecule has 0 radical (unpaired) electrons. The number of allylic oxidation sites excluding steroid dienone is 4. The number of rotatable bonds is 6. The zero-order valence-corrected chi connectivity index (χ0v) is 16.7. The summed E-state index contributed by atoms with van der Waals surface area (Å²) in [6.45, 7) is 6.16. The molecule has 3 heteroatoms. The number of hydrogen-bond acceptors (Lipinski definition) is 2. The highest BCUT2D eigenvalue weighted by atomic mass is 16.1. The van der Waals surface area contributed by atoms with Crippen molar-refractivity contribution >= 4 is 5.91 Å². The van der Waals surface area contributed by atoms with Crippen LogP contribution < -0.4 is 5.32 Å². The molecule has 1 amide bonds. The van der Waals surface area contributed by atoms with Crippen molar-refractivity contribution in [3.8, 4) is 11.1 Å². The van der Waals surface area contributed by atoms with Crippen LogP contribution in [-0.2, 0) is 0 Å². The maximum Gasteiger partial charge on any atom is 0.255 e. The first kappa shape index (κ1) is 19.7. The summed E-state index contributed by atoms with van der Waals surface area (Å²) < 4.78 is 0. The molecular formula is C25H28N2O. The first-order chi connectivity index (χ1) is 13.7. The highest BCUT2D eigenvalue weighted by molar-refractivity contribution is 5.96. The van der Waals surface area contributed by atoms with Crippen LogP contribution >= 0.6 is 0 Å². The number of benzene rings is 2. The molecule has 0 unspecified atom stereocenters. The molecule has 3 nitrogen and oxygen atoms in total. The predicted octanol–water partition coefficient (Wildman–Crippen LogP) is 5.54. The van der Waals surface area contributed by atoms with Crippen LogP contribution in [0.3, 0.4) is 0 Å². The monoisotopic (exact) mass is 372 g/mol. The third kappa shape index (κ3) is 5.01. The summed E-state index contributed by atoms with van der Waals surface area (Å²) in [7, 11) is 0. The topological polar surface area (TPSA) is 32.3 Å². The SMILES string of the molecule is C/C=C\C(=C/C1=CCCCN1CC)NC(=O)c1ccc(-c2ccccc2)cc1. The van der Waals surface area contributed by atoms with Gasteiger partial charge in [-0.15, -0.1) is 0 Å². The third-order valence-electron chi connectivity index (χ3n) is 4.89. The van der Waals surface area contributed by atoms with Crippen LogP contribution in [0, 0.1) is 0 Å². The predicted molar refractivity (Wildman–Crippen MR) is 117 cm³/mol. The summed E-state index contributed by atoms with van der Waals surface area (Å²) in [5, 5.41) is 3.05. The zero-order valence-electron chi connectivity index (χ0n) is 16.7. The van der Waals surface area contributed by atoms with E-state index in [1.54, 1.807) is 0 Å². The smallest absolute Gasteiger partial charge is 0.255 e. The Morgan fingerprint density at radius 1 is 1.07 bits per heavy atom. The largest absolute Gasteiger partial charge is 0.372 e. The van der Waals surface area contributed by atoms with Crippen LogP contribution in [0.15, 0.2) is 90.3 Å². The van der Waals surface area contributed by atoms with Crippen LogP contribution in [0.1, 0.15) is 37.0 Å². The molecule has 0 fully saturated rings. The Kier molecular flexibility index (Phi) is 6.85. The quantitative estimate of drug-likeness (QED) is 0.675. The normalized spacial score (nSPS) is 14.9. The number of hydrogen-bond donors (Lipinski definition) is 1. The molecule has 3 rings (SSSR count). The van der Waals surface area contributed by atoms with Gasteiger partial charge < -0.3 is 10.2 Å². The Bertz CT molecular complexity index is 877. The molecule has 1 aliphatic rings. The highest BCUT2D eigenvalue weighted by Crippen LogP contribution is 2.20. The maximum absolute atomic E-state index is 12.8. The first-order valence-electron chi connectivity index (χ1n) is 9.97. The molecule has 1 heterocycles. The van der Waals surface area contributed by atoms with Gasteiger partial charge in [-0.3, -0.25) is 4.79 Å². The van der Waals surface area contributed by atoms with Gasteiger partial charge in [0.25, 0.3) is 5.91 Å². The van der Waals surface area contributed by atoms with E-state index in [2.05, 4.69) is 41.4 Å². The van der Waals surface area contributed by atoms with E-state index in [9.17, 15) is 4.79 Å². The Morgan fingerprint density at radius 3 is 2.46 bits per heavy atom. The summed E-state index contributed by atoms with van der Waals surface area (Å²) in [6.07, 6.45) is 10.5. The van der Waals surface area contributed by atoms with Crippen LogP contribution in [-0.4, -0.2) is 23.9 Å². The summed E-state index contributed by atoms with van der Waals surface area (Å²) >= 11 is 0. The Morgan fingerprint density at radius 2 is 1.79 bits per heavy atom. The second kappa shape index (κ2) is 9.75. The fourth-order valence-electron chi connectivity index (χ4n) is 3.39. The van der Waals surface area contributed by atoms with Crippen molar-refractivity contribution in [2.75, 3.05) is 13.1 Å². The van der Waals surface area contributed by atoms with Crippen molar-refractivity contribution in [3.05, 3.63) is 95.9 Å². The van der Waals surface area contributed by atoms with Gasteiger partial charge in [-0.05, 0) is 62.1 Å². The van der Waals surface area contributed by atoms with Gasteiger partial charge >= 0.3 is 0 Å². The third-order valence-corrected chi connectivity index (χ3v) is 4.89. The number of likely N-dealkylation sites (N-methyl/N-ethyl adjacent to an activating group) is 1. The molecule has 28 heavy (non-hydrogen) atoms. The molecule has 2 aromatic carbocycles. The molecule has 0 spiro atoms. The molecule has 0 aromatic heterocycles. The van der Waals surface area contributed by atoms with Gasteiger partial charge in [-0.2, -0.15) is 0 Å². The first-order valence-corrected chi connectivity index (χ1v) is 9.97. The number of nitrogens with zero attached hydrogens (tertiary/aromatic N) is 1. The van der Waals surface area contributed by atoms with E-state index in [4.69, 9.17) is 0 Å². The van der Waals surface area contributed by atoms with Crippen molar-refractivity contribution in [2.45, 2.75) is 26.7 Å². The fraction of sp³-hybridized carbons (Fsp3) is 0.240. The van der Waals surface area contributed by atoms with E-state index < -0.39 is 0 Å². The molecular weight excluding hydrogens is 344 g/mol. The van der Waals surface area contributed by atoms with Crippen molar-refractivity contribution in [1.82, 2.24) is 10.2 Å². The summed E-state index contributed by atoms with van der Waals surface area (Å²) in [6, 6.07) is 17.9. The second-order valence-electron chi connectivity index (χ2n) is 6.85. The second-order valence-corrected chi connectivity index (χ2v) is 6.85. The Balaban J connectivity index is 1.75. The average Bonchev–Trinajstić information content (AvgIpc) is 2.75. The Labute approximate surface area is 168 Å². The molecule has 144 valence electrons. The lowest BCUT2D eigenvalue weighted by atomic mass is 10.0. The average molecular weight is 373 g/mol. The standard InChI is InChI=1S/C25H28N2O/c1-3-10-23(19-24-13-8-9-18-27(24)4-2)26-25(28)22-16-14-21(15-17-22)20-11-6-5-7-12-20/h3,5-7,10-17,19H,4,8-9,18H2,1-2H3,(H,26,28)/b10-3-,23-19+. The summed E-state index contributed by atoms with van der Waals surface area (Å²) in [5.41, 5.74) is 4.90. The van der Waals surface area contributed by atoms with E-state index in [1.807, 2.05) is 61.5 Å². The van der Waals surface area contributed by atoms with Crippen molar-refractivity contribution in [2.24, 2.45) is 0 Å². The fourth-order valence-corrected chi connectivity index (χ4v) is 3.39. The minimum Gasteiger partial charge on any atom is -0.372 e. The van der Waals surface area contributed by atoms with Gasteiger partial charge in [0, 0.05) is 30.0 Å². The summed E-state index contributed by atoms with van der Waals surface area (Å²) in [5.74, 6) is -0.0941. The molecule has 0 saturated heterocycles. The van der Waals surface area contributed by atoms with E-state index in [0.29, 0.717) is 5.56 Å². The molecule has 0 atom stereocenters. The number of amides is 1. The van der Waals surface area contributed by atoms with E-state index in [-0.39, 0.29) is 5.91 Å². The number of nitrogens with one attached hydrogen (secondary N) is 1. The lowest BCUT2D eigenvalue weighted by Crippen LogP contribution is -2.27. The van der Waals surface area contributed by atoms with Gasteiger partial charge in [0.1, 0.15) is 0 Å².